The first kappa shape index (κ1) is 43.1. The maximum Gasteiger partial charge on any atom is 0.284 e. The van der Waals surface area contributed by atoms with Gasteiger partial charge in [-0.25, -0.2) is 18.3 Å². The lowest BCUT2D eigenvalue weighted by molar-refractivity contribution is -0.136. The molecule has 1 aromatic carbocycles. The highest BCUT2D eigenvalue weighted by Gasteiger charge is 2.46. The molecule has 10 rings (SSSR count). The molecule has 0 spiro atoms. The number of aromatic nitrogens is 5. The minimum absolute atomic E-state index is 0.0130. The van der Waals surface area contributed by atoms with Crippen molar-refractivity contribution in [1.82, 2.24) is 39.5 Å². The van der Waals surface area contributed by atoms with Gasteiger partial charge < -0.3 is 29.9 Å². The molecule has 4 atom stereocenters. The monoisotopic (exact) mass is 897 g/mol. The summed E-state index contributed by atoms with van der Waals surface area (Å²) in [6, 6.07) is 6.06. The minimum Gasteiger partial charge on any atom is -0.384 e. The Bertz CT molecular complexity index is 2500. The number of nitrogens with zero attached hydrogens (tertiary/aromatic N) is 8. The van der Waals surface area contributed by atoms with Crippen molar-refractivity contribution in [3.05, 3.63) is 65.2 Å². The second-order valence-electron chi connectivity index (χ2n) is 18.3. The Balaban J connectivity index is 0.666. The first-order valence-corrected chi connectivity index (χ1v) is 22.8. The van der Waals surface area contributed by atoms with Crippen molar-refractivity contribution in [2.24, 2.45) is 5.92 Å². The van der Waals surface area contributed by atoms with E-state index in [1.165, 1.54) is 16.9 Å². The third-order valence-corrected chi connectivity index (χ3v) is 14.0. The second kappa shape index (κ2) is 17.8. The van der Waals surface area contributed by atoms with Crippen LogP contribution in [0.15, 0.2) is 42.9 Å². The number of ether oxygens (including phenoxy) is 2. The highest BCUT2D eigenvalue weighted by Crippen LogP contribution is 2.37. The van der Waals surface area contributed by atoms with Gasteiger partial charge in [-0.3, -0.25) is 38.9 Å². The number of nitrogens with one attached hydrogen (secondary N) is 3. The topological polar surface area (TPSA) is 198 Å². The van der Waals surface area contributed by atoms with Crippen LogP contribution in [-0.2, 0) is 19.1 Å². The standard InChI is InChI=1S/C45H53F2N11O7/c1-25(11-15-48-33-4-2-3-31-38(33)45(63)58(44(31)62)35-9-10-37(59)52-43(35)61)65-29-12-16-54(17-13-29)21-26-5-7-27(8-6-26)57-23-34(39(53-57)40(46)47)50-42(60)32-20-49-56-18-14-36(51-41(32)56)55-22-30-19-28(55)24-64-30/h2-4,14,18,20,23,25-30,35,40,48H,5-13,15-17,19,21-22,24H2,1H3,(H,50,60)(H,52,59,61)/t25-,26-,27-,28+,30+,35?/m0/s1. The third kappa shape index (κ3) is 8.58. The second-order valence-corrected chi connectivity index (χ2v) is 18.3. The molecule has 3 N–H and O–H groups in total. The van der Waals surface area contributed by atoms with Crippen LogP contribution in [0.4, 0.5) is 26.0 Å². The molecule has 4 aromatic rings. The van der Waals surface area contributed by atoms with E-state index in [0.29, 0.717) is 36.8 Å². The summed E-state index contributed by atoms with van der Waals surface area (Å²) in [6.45, 7) is 6.72. The lowest BCUT2D eigenvalue weighted by atomic mass is 9.85. The average Bonchev–Trinajstić information content (AvgIpc) is 4.15. The number of benzene rings is 1. The van der Waals surface area contributed by atoms with E-state index in [1.807, 2.05) is 13.0 Å². The van der Waals surface area contributed by atoms with Crippen molar-refractivity contribution in [2.75, 3.05) is 54.9 Å². The molecule has 20 heteroatoms. The Hall–Kier alpha value is -5.86. The summed E-state index contributed by atoms with van der Waals surface area (Å²) in [5, 5.41) is 16.8. The van der Waals surface area contributed by atoms with Crippen LogP contribution >= 0.6 is 0 Å². The zero-order chi connectivity index (χ0) is 44.9. The maximum absolute atomic E-state index is 14.3. The smallest absolute Gasteiger partial charge is 0.284 e. The normalized spacial score (nSPS) is 25.5. The first-order valence-electron chi connectivity index (χ1n) is 22.8. The molecule has 2 bridgehead atoms. The molecule has 8 heterocycles. The number of carbonyl (C=O) groups is 5. The highest BCUT2D eigenvalue weighted by atomic mass is 19.3. The molecule has 3 aromatic heterocycles. The first-order chi connectivity index (χ1) is 31.5. The lowest BCUT2D eigenvalue weighted by Crippen LogP contribution is -2.54. The van der Waals surface area contributed by atoms with Crippen molar-refractivity contribution >= 4 is 52.4 Å². The minimum atomic E-state index is -2.87. The molecule has 5 fully saturated rings. The Labute approximate surface area is 373 Å². The summed E-state index contributed by atoms with van der Waals surface area (Å²) in [6.07, 6.45) is 9.14. The van der Waals surface area contributed by atoms with Gasteiger partial charge in [-0.05, 0) is 88.8 Å². The average molecular weight is 898 g/mol. The van der Waals surface area contributed by atoms with Crippen LogP contribution in [0, 0.1) is 5.92 Å². The molecule has 4 saturated heterocycles. The molecule has 5 amide bonds. The number of piperidine rings is 2. The zero-order valence-electron chi connectivity index (χ0n) is 36.2. The SMILES string of the molecule is C[C@@H](CCNc1cccc2c1C(=O)N(C1CCC(=O)NC1=O)C2=O)OC1CCN(C[C@H]2CC[C@H](n3cc(NC(=O)c4cnn5ccc(N6C[C@H]7C[C@@H]6CO7)nc45)c(C(F)F)n3)CC2)CC1. The van der Waals surface area contributed by atoms with Gasteiger partial charge in [-0.2, -0.15) is 10.2 Å². The van der Waals surface area contributed by atoms with E-state index in [0.717, 1.165) is 81.8 Å². The number of anilines is 3. The molecule has 1 aliphatic carbocycles. The van der Waals surface area contributed by atoms with Gasteiger partial charge in [0.15, 0.2) is 11.3 Å². The molecule has 5 aliphatic heterocycles. The number of amides is 5. The van der Waals surface area contributed by atoms with E-state index >= 15 is 0 Å². The molecular formula is C45H53F2N11O7. The number of imide groups is 2. The van der Waals surface area contributed by atoms with Gasteiger partial charge in [-0.1, -0.05) is 6.07 Å². The van der Waals surface area contributed by atoms with Crippen molar-refractivity contribution in [2.45, 2.75) is 114 Å². The Morgan fingerprint density at radius 3 is 2.55 bits per heavy atom. The molecule has 0 radical (unpaired) electrons. The summed E-state index contributed by atoms with van der Waals surface area (Å²) in [5.41, 5.74) is 1.06. The fourth-order valence-electron chi connectivity index (χ4n) is 10.6. The predicted molar refractivity (Wildman–Crippen MR) is 231 cm³/mol. The van der Waals surface area contributed by atoms with E-state index in [1.54, 1.807) is 29.1 Å². The van der Waals surface area contributed by atoms with Gasteiger partial charge >= 0.3 is 0 Å². The van der Waals surface area contributed by atoms with Gasteiger partial charge in [0.1, 0.15) is 17.4 Å². The maximum atomic E-state index is 14.3. The summed E-state index contributed by atoms with van der Waals surface area (Å²) in [7, 11) is 0. The van der Waals surface area contributed by atoms with Crippen LogP contribution in [0.5, 0.6) is 0 Å². The van der Waals surface area contributed by atoms with Crippen LogP contribution in [0.1, 0.15) is 120 Å². The molecule has 18 nitrogen and oxygen atoms in total. The zero-order valence-corrected chi connectivity index (χ0v) is 36.2. The van der Waals surface area contributed by atoms with Gasteiger partial charge in [0.05, 0.1) is 60.0 Å². The summed E-state index contributed by atoms with van der Waals surface area (Å²) < 4.78 is 43.9. The van der Waals surface area contributed by atoms with Gasteiger partial charge in [0.2, 0.25) is 11.8 Å². The number of hydrogen-bond acceptors (Lipinski definition) is 13. The number of morpholine rings is 1. The van der Waals surface area contributed by atoms with Crippen LogP contribution in [0.3, 0.4) is 0 Å². The molecular weight excluding hydrogens is 845 g/mol. The van der Waals surface area contributed by atoms with Crippen LogP contribution in [-0.4, -0.2) is 133 Å². The van der Waals surface area contributed by atoms with E-state index in [4.69, 9.17) is 14.5 Å². The van der Waals surface area contributed by atoms with Gasteiger partial charge in [0.25, 0.3) is 24.1 Å². The molecule has 1 unspecified atom stereocenters. The van der Waals surface area contributed by atoms with E-state index in [-0.39, 0.29) is 65.6 Å². The van der Waals surface area contributed by atoms with Crippen molar-refractivity contribution in [3.63, 3.8) is 0 Å². The van der Waals surface area contributed by atoms with Crippen molar-refractivity contribution < 1.29 is 42.2 Å². The van der Waals surface area contributed by atoms with Crippen molar-refractivity contribution in [3.8, 4) is 0 Å². The van der Waals surface area contributed by atoms with Crippen LogP contribution in [0.25, 0.3) is 5.65 Å². The van der Waals surface area contributed by atoms with E-state index in [2.05, 4.69) is 35.9 Å². The van der Waals surface area contributed by atoms with Gasteiger partial charge in [-0.15, -0.1) is 0 Å². The Kier molecular flexibility index (Phi) is 11.8. The number of fused-ring (bicyclic) bond motifs is 4. The highest BCUT2D eigenvalue weighted by molar-refractivity contribution is 6.25. The summed E-state index contributed by atoms with van der Waals surface area (Å²) in [4.78, 5) is 74.7. The van der Waals surface area contributed by atoms with Gasteiger partial charge in [0, 0.05) is 57.2 Å². The summed E-state index contributed by atoms with van der Waals surface area (Å²) >= 11 is 0. The molecule has 6 aliphatic rings. The lowest BCUT2D eigenvalue weighted by Gasteiger charge is -2.37. The number of rotatable bonds is 14. The summed E-state index contributed by atoms with van der Waals surface area (Å²) in [5.74, 6) is -1.51. The molecule has 65 heavy (non-hydrogen) atoms. The van der Waals surface area contributed by atoms with Crippen LogP contribution < -0.4 is 20.9 Å². The molecule has 344 valence electrons. The number of halogens is 2. The predicted octanol–water partition coefficient (Wildman–Crippen LogP) is 4.60. The molecule has 1 saturated carbocycles. The number of likely N-dealkylation sites (tertiary alicyclic amines) is 1. The van der Waals surface area contributed by atoms with E-state index in [9.17, 15) is 32.8 Å². The van der Waals surface area contributed by atoms with Crippen LogP contribution in [0.2, 0.25) is 0 Å². The number of hydrogen-bond donors (Lipinski definition) is 3. The Morgan fingerprint density at radius 1 is 1.00 bits per heavy atom. The fourth-order valence-corrected chi connectivity index (χ4v) is 10.6. The Morgan fingerprint density at radius 2 is 1.82 bits per heavy atom. The van der Waals surface area contributed by atoms with E-state index < -0.39 is 47.7 Å². The third-order valence-electron chi connectivity index (χ3n) is 14.0. The fraction of sp³-hybridized carbons (Fsp3) is 0.556. The quantitative estimate of drug-likeness (QED) is 0.149. The number of alkyl halides is 2. The number of carbonyl (C=O) groups excluding carboxylic acids is 5. The largest absolute Gasteiger partial charge is 0.384 e. The van der Waals surface area contributed by atoms with Crippen molar-refractivity contribution in [1.29, 1.82) is 0 Å².